The third kappa shape index (κ3) is 3.20. The Kier molecular flexibility index (Phi) is 4.97. The van der Waals surface area contributed by atoms with Crippen molar-refractivity contribution in [1.82, 2.24) is 4.90 Å². The van der Waals surface area contributed by atoms with Crippen LogP contribution in [0.4, 0.5) is 0 Å². The predicted molar refractivity (Wildman–Crippen MR) is 70.6 cm³/mol. The molecular weight excluding hydrogens is 214 g/mol. The number of hydrogen-bond donors (Lipinski definition) is 1. The van der Waals surface area contributed by atoms with Crippen LogP contribution in [0.15, 0.2) is 6.07 Å². The number of hydrogen-bond acceptors (Lipinski definition) is 3. The molecule has 0 fully saturated rings. The maximum absolute atomic E-state index is 8.99. The second-order valence-corrected chi connectivity index (χ2v) is 4.60. The van der Waals surface area contributed by atoms with Gasteiger partial charge in [-0.2, -0.15) is 0 Å². The molecule has 0 amide bonds. The van der Waals surface area contributed by atoms with E-state index < -0.39 is 0 Å². The van der Waals surface area contributed by atoms with Crippen LogP contribution in [0.2, 0.25) is 0 Å². The average Bonchev–Trinajstić information content (AvgIpc) is 2.33. The minimum absolute atomic E-state index is 0.104. The highest BCUT2D eigenvalue weighted by molar-refractivity contribution is 5.48. The Labute approximate surface area is 104 Å². The van der Waals surface area contributed by atoms with Crippen LogP contribution in [0, 0.1) is 20.8 Å². The van der Waals surface area contributed by atoms with E-state index in [0.717, 1.165) is 18.7 Å². The van der Waals surface area contributed by atoms with E-state index in [-0.39, 0.29) is 6.73 Å². The van der Waals surface area contributed by atoms with Gasteiger partial charge >= 0.3 is 0 Å². The molecule has 17 heavy (non-hydrogen) atoms. The third-order valence-electron chi connectivity index (χ3n) is 3.41. The van der Waals surface area contributed by atoms with Crippen LogP contribution < -0.4 is 4.74 Å². The largest absolute Gasteiger partial charge is 0.496 e. The van der Waals surface area contributed by atoms with Gasteiger partial charge in [-0.15, -0.1) is 0 Å². The van der Waals surface area contributed by atoms with E-state index in [1.807, 2.05) is 11.9 Å². The molecule has 1 aromatic carbocycles. The summed E-state index contributed by atoms with van der Waals surface area (Å²) in [6.45, 7) is 7.31. The summed E-state index contributed by atoms with van der Waals surface area (Å²) in [5.74, 6) is 0.958. The molecule has 0 unspecified atom stereocenters. The Morgan fingerprint density at radius 3 is 2.41 bits per heavy atom. The van der Waals surface area contributed by atoms with Gasteiger partial charge in [-0.25, -0.2) is 0 Å². The lowest BCUT2D eigenvalue weighted by Gasteiger charge is -2.18. The van der Waals surface area contributed by atoms with E-state index in [2.05, 4.69) is 26.8 Å². The van der Waals surface area contributed by atoms with Crippen molar-refractivity contribution in [2.24, 2.45) is 0 Å². The van der Waals surface area contributed by atoms with Gasteiger partial charge in [-0.1, -0.05) is 0 Å². The number of aryl methyl sites for hydroxylation is 1. The fourth-order valence-electron chi connectivity index (χ4n) is 2.07. The molecule has 0 aliphatic carbocycles. The first-order chi connectivity index (χ1) is 8.01. The quantitative estimate of drug-likeness (QED) is 0.796. The Bertz CT molecular complexity index is 388. The number of aliphatic hydroxyl groups is 1. The van der Waals surface area contributed by atoms with Crippen molar-refractivity contribution < 1.29 is 9.84 Å². The van der Waals surface area contributed by atoms with Crippen molar-refractivity contribution in [2.75, 3.05) is 27.4 Å². The Morgan fingerprint density at radius 2 is 1.88 bits per heavy atom. The second kappa shape index (κ2) is 6.03. The minimum atomic E-state index is 0.104. The fourth-order valence-corrected chi connectivity index (χ4v) is 2.07. The zero-order valence-electron chi connectivity index (χ0n) is 11.5. The summed E-state index contributed by atoms with van der Waals surface area (Å²) in [7, 11) is 3.63. The van der Waals surface area contributed by atoms with Gasteiger partial charge in [0, 0.05) is 6.54 Å². The molecule has 0 aliphatic rings. The van der Waals surface area contributed by atoms with Gasteiger partial charge in [-0.3, -0.25) is 4.90 Å². The van der Waals surface area contributed by atoms with Crippen molar-refractivity contribution in [3.05, 3.63) is 28.3 Å². The Hall–Kier alpha value is -1.06. The number of methoxy groups -OCH3 is 1. The molecule has 0 atom stereocenters. The molecule has 0 heterocycles. The highest BCUT2D eigenvalue weighted by atomic mass is 16.5. The molecule has 1 aromatic rings. The summed E-state index contributed by atoms with van der Waals surface area (Å²) in [5, 5.41) is 8.99. The number of likely N-dealkylation sites (N-methyl/N-ethyl adjacent to an activating group) is 1. The predicted octanol–water partition coefficient (Wildman–Crippen LogP) is 2.04. The van der Waals surface area contributed by atoms with Gasteiger partial charge < -0.3 is 9.84 Å². The van der Waals surface area contributed by atoms with Gasteiger partial charge in [-0.05, 0) is 62.6 Å². The number of rotatable bonds is 5. The molecule has 0 spiro atoms. The van der Waals surface area contributed by atoms with Crippen LogP contribution in [0.5, 0.6) is 5.75 Å². The van der Waals surface area contributed by atoms with Crippen LogP contribution in [-0.4, -0.2) is 37.4 Å². The van der Waals surface area contributed by atoms with E-state index in [0.29, 0.717) is 0 Å². The molecule has 3 heteroatoms. The second-order valence-electron chi connectivity index (χ2n) is 4.60. The summed E-state index contributed by atoms with van der Waals surface area (Å²) in [6, 6.07) is 2.09. The van der Waals surface area contributed by atoms with E-state index in [9.17, 15) is 0 Å². The topological polar surface area (TPSA) is 32.7 Å². The molecular formula is C14H23NO2. The number of benzene rings is 1. The summed E-state index contributed by atoms with van der Waals surface area (Å²) in [5.41, 5.74) is 5.13. The zero-order valence-corrected chi connectivity index (χ0v) is 11.5. The molecule has 0 saturated carbocycles. The van der Waals surface area contributed by atoms with Gasteiger partial charge in [0.2, 0.25) is 0 Å². The zero-order chi connectivity index (χ0) is 13.0. The third-order valence-corrected chi connectivity index (χ3v) is 3.41. The lowest BCUT2D eigenvalue weighted by molar-refractivity contribution is 0.134. The lowest BCUT2D eigenvalue weighted by Crippen LogP contribution is -2.22. The average molecular weight is 237 g/mol. The number of nitrogens with zero attached hydrogens (tertiary/aromatic N) is 1. The number of aliphatic hydroxyl groups excluding tert-OH is 1. The fraction of sp³-hybridized carbons (Fsp3) is 0.571. The monoisotopic (exact) mass is 237 g/mol. The van der Waals surface area contributed by atoms with E-state index in [1.165, 1.54) is 22.3 Å². The number of ether oxygens (including phenoxy) is 1. The van der Waals surface area contributed by atoms with Gasteiger partial charge in [0.15, 0.2) is 0 Å². The van der Waals surface area contributed by atoms with Crippen molar-refractivity contribution in [3.8, 4) is 5.75 Å². The molecule has 0 bridgehead atoms. The summed E-state index contributed by atoms with van der Waals surface area (Å²) in [6.07, 6.45) is 0.958. The Balaban J connectivity index is 2.96. The maximum Gasteiger partial charge on any atom is 0.122 e. The first-order valence-electron chi connectivity index (χ1n) is 5.94. The van der Waals surface area contributed by atoms with Crippen LogP contribution >= 0.6 is 0 Å². The van der Waals surface area contributed by atoms with E-state index >= 15 is 0 Å². The Morgan fingerprint density at radius 1 is 1.24 bits per heavy atom. The van der Waals surface area contributed by atoms with Crippen LogP contribution in [0.1, 0.15) is 22.3 Å². The maximum atomic E-state index is 8.99. The van der Waals surface area contributed by atoms with Gasteiger partial charge in [0.1, 0.15) is 5.75 Å². The highest BCUT2D eigenvalue weighted by Gasteiger charge is 2.10. The summed E-state index contributed by atoms with van der Waals surface area (Å²) >= 11 is 0. The van der Waals surface area contributed by atoms with Crippen molar-refractivity contribution in [2.45, 2.75) is 27.2 Å². The summed E-state index contributed by atoms with van der Waals surface area (Å²) < 4.78 is 5.36. The molecule has 1 N–H and O–H groups in total. The standard InChI is InChI=1S/C14H23NO2/c1-10-8-14(17-5)12(3)11(2)13(10)6-7-15(4)9-16/h8,16H,6-7,9H2,1-5H3. The lowest BCUT2D eigenvalue weighted by atomic mass is 9.95. The first-order valence-corrected chi connectivity index (χ1v) is 5.94. The van der Waals surface area contributed by atoms with E-state index in [4.69, 9.17) is 9.84 Å². The van der Waals surface area contributed by atoms with Crippen LogP contribution in [0.25, 0.3) is 0 Å². The normalized spacial score (nSPS) is 11.0. The van der Waals surface area contributed by atoms with Gasteiger partial charge in [0.05, 0.1) is 13.8 Å². The van der Waals surface area contributed by atoms with Gasteiger partial charge in [0.25, 0.3) is 0 Å². The smallest absolute Gasteiger partial charge is 0.122 e. The highest BCUT2D eigenvalue weighted by Crippen LogP contribution is 2.27. The molecule has 1 rings (SSSR count). The summed E-state index contributed by atoms with van der Waals surface area (Å²) in [4.78, 5) is 1.90. The first kappa shape index (κ1) is 14.0. The van der Waals surface area contributed by atoms with Crippen LogP contribution in [0.3, 0.4) is 0 Å². The molecule has 3 nitrogen and oxygen atoms in total. The van der Waals surface area contributed by atoms with Crippen molar-refractivity contribution in [3.63, 3.8) is 0 Å². The van der Waals surface area contributed by atoms with Crippen LogP contribution in [-0.2, 0) is 6.42 Å². The minimum Gasteiger partial charge on any atom is -0.496 e. The molecule has 0 aromatic heterocycles. The van der Waals surface area contributed by atoms with E-state index in [1.54, 1.807) is 7.11 Å². The van der Waals surface area contributed by atoms with Crippen molar-refractivity contribution in [1.29, 1.82) is 0 Å². The SMILES string of the molecule is COc1cc(C)c(CCN(C)CO)c(C)c1C. The molecule has 0 saturated heterocycles. The van der Waals surface area contributed by atoms with Crippen molar-refractivity contribution >= 4 is 0 Å². The molecule has 0 aliphatic heterocycles. The molecule has 96 valence electrons. The molecule has 0 radical (unpaired) electrons.